The molecule has 1 unspecified atom stereocenters. The Kier molecular flexibility index (Phi) is 52.2. The molecule has 2 heterocycles. The van der Waals surface area contributed by atoms with Gasteiger partial charge in [0, 0.05) is 23.8 Å². The molecule has 9 saturated carbocycles. The van der Waals surface area contributed by atoms with E-state index in [-0.39, 0.29) is 42.1 Å². The number of rotatable bonds is 28. The summed E-state index contributed by atoms with van der Waals surface area (Å²) in [5.74, 6) is 4.77. The van der Waals surface area contributed by atoms with E-state index in [1.807, 2.05) is 116 Å². The topological polar surface area (TPSA) is 162 Å². The molecule has 9 aliphatic carbocycles. The summed E-state index contributed by atoms with van der Waals surface area (Å²) in [7, 11) is 30.7. The van der Waals surface area contributed by atoms with Gasteiger partial charge < -0.3 is 0 Å². The molecule has 11 fully saturated rings. The summed E-state index contributed by atoms with van der Waals surface area (Å²) in [6, 6.07) is 17.2. The van der Waals surface area contributed by atoms with E-state index in [0.29, 0.717) is 49.4 Å². The molecule has 3 aromatic rings. The predicted octanol–water partition coefficient (Wildman–Crippen LogP) is 32.3. The molecule has 2 saturated heterocycles. The van der Waals surface area contributed by atoms with Gasteiger partial charge in [0.1, 0.15) is 0 Å². The molecule has 14 rings (SSSR count). The fourth-order valence-corrected chi connectivity index (χ4v) is 49.0. The molecule has 1 atom stereocenters. The molecular weight excluding hydrogens is 2060 g/mol. The first-order valence-electron chi connectivity index (χ1n) is 48.1. The second-order valence-electron chi connectivity index (χ2n) is 37.5. The second kappa shape index (κ2) is 59.7. The van der Waals surface area contributed by atoms with Crippen molar-refractivity contribution in [3.05, 3.63) is 86.0 Å². The van der Waals surface area contributed by atoms with Crippen LogP contribution in [0.5, 0.6) is 17.2 Å². The van der Waals surface area contributed by atoms with E-state index < -0.39 is 71.5 Å². The van der Waals surface area contributed by atoms with Crippen LogP contribution < -0.4 is 14.2 Å². The van der Waals surface area contributed by atoms with E-state index in [9.17, 15) is 14.7 Å². The summed E-state index contributed by atoms with van der Waals surface area (Å²) < 4.78 is 49.4. The van der Waals surface area contributed by atoms with Crippen molar-refractivity contribution in [1.82, 2.24) is 0 Å². The van der Waals surface area contributed by atoms with Crippen molar-refractivity contribution in [2.45, 2.75) is 421 Å². The van der Waals surface area contributed by atoms with Gasteiger partial charge in [-0.15, -0.1) is 0 Å². The van der Waals surface area contributed by atoms with Crippen LogP contribution in [-0.4, -0.2) is 145 Å². The molecule has 0 amide bonds. The standard InChI is InChI=1S/3C18H33P.C15H21NO4S.C14H19NO4S.C12H17NO3S.6ClH.3Ru/c3*1-4-10-16(11-5-1)19(17-12-6-2-7-13-17)18-14-8-3-9-15-18;1-4-13(3)19-15-6-5-14(11-12(15)2)21(20-16-17)9-7-18-8-10-21;1-11(2)18-14-5-4-13(10-12(14)3)20(19-15-16)8-6-17-7-9-20;1-9(2)15-12-7-6-11(8-10(12)3)17(4,5)16-13-14;;;;;;;;;/h3*16-18H,1-15H2;2,5-6,11,13H,4,7-10H2,1,3H3;3-5,10-11H,6-9H2,1-2H3;3,6-9H,1-2,4-5H3;6*1H;;;/q;;;;;;;;;;;;3*+2/p-3. The zero-order valence-electron chi connectivity index (χ0n) is 76.4. The molecule has 11 aliphatic rings. The van der Waals surface area contributed by atoms with Crippen LogP contribution in [0.1, 0.15) is 354 Å². The number of benzene rings is 3. The van der Waals surface area contributed by atoms with Gasteiger partial charge in [0.05, 0.1) is 50.9 Å². The van der Waals surface area contributed by atoms with Crippen molar-refractivity contribution in [2.24, 2.45) is 16.0 Å². The van der Waals surface area contributed by atoms with Crippen LogP contribution in [0.4, 0.5) is 0 Å². The number of hydrogen-bond donors (Lipinski definition) is 0. The van der Waals surface area contributed by atoms with Gasteiger partial charge in [-0.3, -0.25) is 0 Å². The van der Waals surface area contributed by atoms with Gasteiger partial charge in [0.25, 0.3) is 0 Å². The SMILES string of the molecule is C1CCC([PH+](C2CCCCC2)C2CCCCC2)CC1.C1CCC([PH+](C2CCCCC2)C2CCCCC2)CC1.C1CCC([PH+](C2CCCCC2)C2CCCCC2)CC1.CC(C)Oc1ccc(S(C)(C)ON=O)cc1[CH]=[Ru]([Cl])[Cl].CC(C)Oc1ccc(S2(ON=O)CCOCC2)cc1[CH]=[Ru]([Cl])[Cl].CCC(C)Oc1ccc(S2(ON=O)CCOCC2)cc1[CH]=[Ru]([Cl])[Cl]. The van der Waals surface area contributed by atoms with Crippen molar-refractivity contribution >= 4 is 127 Å². The Morgan fingerprint density at radius 2 is 0.613 bits per heavy atom. The van der Waals surface area contributed by atoms with Crippen LogP contribution in [0.25, 0.3) is 0 Å². The Morgan fingerprint density at radius 3 is 0.839 bits per heavy atom. The summed E-state index contributed by atoms with van der Waals surface area (Å²) in [5, 5.41) is 7.99. The third kappa shape index (κ3) is 36.3. The fourth-order valence-electron chi connectivity index (χ4n) is 22.0. The Labute approximate surface area is 797 Å². The average molecular weight is 2220 g/mol. The summed E-state index contributed by atoms with van der Waals surface area (Å²) in [6.07, 6.45) is 76.1. The maximum atomic E-state index is 10.8. The monoisotopic (exact) mass is 2220 g/mol. The Balaban J connectivity index is 0.000000169. The van der Waals surface area contributed by atoms with Crippen molar-refractivity contribution in [1.29, 1.82) is 0 Å². The van der Waals surface area contributed by atoms with Crippen molar-refractivity contribution in [2.75, 3.05) is 62.0 Å². The van der Waals surface area contributed by atoms with Gasteiger partial charge in [-0.2, -0.15) is 0 Å². The van der Waals surface area contributed by atoms with E-state index in [0.717, 1.165) is 55.0 Å². The molecular formula is C95H159Cl6N3O11P3Ru3S3+3. The minimum absolute atomic E-state index is 0.0385. The molecule has 0 aromatic heterocycles. The first kappa shape index (κ1) is 108. The Hall–Kier alpha value is 0.740. The zero-order valence-corrected chi connectivity index (χ0v) is 91.6. The average Bonchev–Trinajstić information content (AvgIpc) is 0.782. The summed E-state index contributed by atoms with van der Waals surface area (Å²) in [6.45, 7) is 14.1. The Morgan fingerprint density at radius 1 is 0.371 bits per heavy atom. The maximum absolute atomic E-state index is 10.8. The molecule has 29 heteroatoms. The van der Waals surface area contributed by atoms with Gasteiger partial charge in [0.15, 0.2) is 0 Å². The van der Waals surface area contributed by atoms with Crippen molar-refractivity contribution in [3.63, 3.8) is 0 Å². The first-order chi connectivity index (χ1) is 60.1. The Bertz CT molecular complexity index is 3390. The number of nitrogens with zero attached hydrogens (tertiary/aromatic N) is 3. The van der Waals surface area contributed by atoms with Crippen LogP contribution in [0.3, 0.4) is 0 Å². The molecule has 124 heavy (non-hydrogen) atoms. The molecule has 3 aromatic carbocycles. The van der Waals surface area contributed by atoms with Crippen LogP contribution in [-0.2, 0) is 62.9 Å². The van der Waals surface area contributed by atoms with Gasteiger partial charge in [-0.25, -0.2) is 0 Å². The van der Waals surface area contributed by atoms with Crippen LogP contribution in [0.2, 0.25) is 0 Å². The zero-order chi connectivity index (χ0) is 88.5. The molecule has 0 bridgehead atoms. The molecule has 716 valence electrons. The van der Waals surface area contributed by atoms with Crippen LogP contribution in [0.15, 0.2) is 85.3 Å². The van der Waals surface area contributed by atoms with E-state index in [4.69, 9.17) is 94.7 Å². The number of halogens is 6. The molecule has 0 radical (unpaired) electrons. The number of hydrogen-bond acceptors (Lipinski definition) is 14. The number of ether oxygens (including phenoxy) is 5. The predicted molar refractivity (Wildman–Crippen MR) is 540 cm³/mol. The van der Waals surface area contributed by atoms with E-state index in [1.165, 1.54) is 50.9 Å². The van der Waals surface area contributed by atoms with E-state index >= 15 is 0 Å². The van der Waals surface area contributed by atoms with Gasteiger partial charge in [0.2, 0.25) is 0 Å². The summed E-state index contributed by atoms with van der Waals surface area (Å²) in [5.41, 5.74) is 13.6. The van der Waals surface area contributed by atoms with E-state index in [1.54, 1.807) is 289 Å². The van der Waals surface area contributed by atoms with Gasteiger partial charge in [-0.1, -0.05) is 57.8 Å². The molecule has 0 spiro atoms. The molecule has 0 N–H and O–H groups in total. The van der Waals surface area contributed by atoms with E-state index in [2.05, 4.69) is 22.9 Å². The normalized spacial score (nSPS) is 22.7. The fraction of sp³-hybridized carbons (Fsp3) is 0.779. The van der Waals surface area contributed by atoms with Crippen molar-refractivity contribution in [3.8, 4) is 17.2 Å². The summed E-state index contributed by atoms with van der Waals surface area (Å²) >= 11 is -6.02. The van der Waals surface area contributed by atoms with Crippen molar-refractivity contribution < 1.29 is 77.1 Å². The second-order valence-corrected chi connectivity index (χ2v) is 74.3. The first-order valence-corrected chi connectivity index (χ1v) is 75.9. The minimum atomic E-state index is -2.03. The van der Waals surface area contributed by atoms with Gasteiger partial charge in [-0.05, 0) is 231 Å². The summed E-state index contributed by atoms with van der Waals surface area (Å²) in [4.78, 5) is 34.7. The third-order valence-electron chi connectivity index (χ3n) is 28.0. The quantitative estimate of drug-likeness (QED) is 0.0294. The third-order valence-corrected chi connectivity index (χ3v) is 55.3. The molecule has 2 aliphatic heterocycles. The molecule has 14 nitrogen and oxygen atoms in total. The van der Waals surface area contributed by atoms with Crippen LogP contribution in [0, 0.1) is 14.7 Å². The van der Waals surface area contributed by atoms with Crippen LogP contribution >= 0.6 is 113 Å². The van der Waals surface area contributed by atoms with Gasteiger partial charge >= 0.3 is 442 Å².